The van der Waals surface area contributed by atoms with Crippen LogP contribution in [0.15, 0.2) is 82.7 Å². The number of rotatable bonds is 4. The van der Waals surface area contributed by atoms with Crippen molar-refractivity contribution in [1.82, 2.24) is 14.5 Å². The number of hydrogen-bond acceptors (Lipinski definition) is 3. The number of aromatic amines is 1. The van der Waals surface area contributed by atoms with Crippen LogP contribution in [0.25, 0.3) is 27.6 Å². The standard InChI is InChI=1S/C24H18FN3OS/c1-15-8-2-3-9-16(15)14-30-24-27-21-17-10-4-6-12-19(17)26-22(21)23(29)28(24)20-13-7-5-11-18(20)25/h2-13,26H,14H2,1H3. The van der Waals surface area contributed by atoms with E-state index in [1.807, 2.05) is 36.4 Å². The quantitative estimate of drug-likeness (QED) is 0.307. The van der Waals surface area contributed by atoms with Crippen LogP contribution in [0.2, 0.25) is 0 Å². The molecule has 1 N–H and O–H groups in total. The topological polar surface area (TPSA) is 50.7 Å². The van der Waals surface area contributed by atoms with E-state index in [2.05, 4.69) is 24.0 Å². The number of halogens is 1. The highest BCUT2D eigenvalue weighted by molar-refractivity contribution is 7.98. The average Bonchev–Trinajstić information content (AvgIpc) is 3.13. The molecular formula is C24H18FN3OS. The summed E-state index contributed by atoms with van der Waals surface area (Å²) in [4.78, 5) is 21.4. The van der Waals surface area contributed by atoms with Crippen molar-refractivity contribution >= 4 is 33.7 Å². The van der Waals surface area contributed by atoms with Crippen molar-refractivity contribution in [2.24, 2.45) is 0 Å². The zero-order chi connectivity index (χ0) is 20.7. The molecule has 0 aliphatic rings. The molecule has 0 radical (unpaired) electrons. The molecule has 3 aromatic carbocycles. The number of H-pyrrole nitrogens is 1. The van der Waals surface area contributed by atoms with Crippen molar-refractivity contribution in [3.63, 3.8) is 0 Å². The number of fused-ring (bicyclic) bond motifs is 3. The summed E-state index contributed by atoms with van der Waals surface area (Å²) in [7, 11) is 0. The van der Waals surface area contributed by atoms with E-state index < -0.39 is 5.82 Å². The lowest BCUT2D eigenvalue weighted by atomic mass is 10.1. The van der Waals surface area contributed by atoms with Gasteiger partial charge in [0.1, 0.15) is 16.9 Å². The fourth-order valence-electron chi connectivity index (χ4n) is 3.60. The van der Waals surface area contributed by atoms with Crippen LogP contribution in [0.1, 0.15) is 11.1 Å². The Balaban J connectivity index is 1.75. The molecule has 0 atom stereocenters. The van der Waals surface area contributed by atoms with E-state index in [0.717, 1.165) is 22.0 Å². The predicted molar refractivity (Wildman–Crippen MR) is 120 cm³/mol. The molecule has 2 aromatic heterocycles. The zero-order valence-electron chi connectivity index (χ0n) is 16.2. The van der Waals surface area contributed by atoms with Gasteiger partial charge in [-0.2, -0.15) is 0 Å². The molecule has 6 heteroatoms. The first-order chi connectivity index (χ1) is 14.6. The summed E-state index contributed by atoms with van der Waals surface area (Å²) in [6.07, 6.45) is 0. The van der Waals surface area contributed by atoms with Gasteiger partial charge in [-0.15, -0.1) is 0 Å². The average molecular weight is 415 g/mol. The second-order valence-corrected chi connectivity index (χ2v) is 8.04. The van der Waals surface area contributed by atoms with Crippen LogP contribution in [0.5, 0.6) is 0 Å². The minimum Gasteiger partial charge on any atom is -0.349 e. The summed E-state index contributed by atoms with van der Waals surface area (Å²) in [5, 5.41) is 1.34. The highest BCUT2D eigenvalue weighted by Gasteiger charge is 2.19. The van der Waals surface area contributed by atoms with Gasteiger partial charge in [-0.25, -0.2) is 9.37 Å². The van der Waals surface area contributed by atoms with Crippen molar-refractivity contribution in [1.29, 1.82) is 0 Å². The normalized spacial score (nSPS) is 11.4. The summed E-state index contributed by atoms with van der Waals surface area (Å²) in [5.41, 5.74) is 4.01. The van der Waals surface area contributed by atoms with Crippen molar-refractivity contribution in [3.05, 3.63) is 100 Å². The largest absolute Gasteiger partial charge is 0.349 e. The van der Waals surface area contributed by atoms with E-state index in [0.29, 0.717) is 21.9 Å². The van der Waals surface area contributed by atoms with Crippen LogP contribution in [-0.2, 0) is 5.75 Å². The van der Waals surface area contributed by atoms with Gasteiger partial charge in [0.15, 0.2) is 5.16 Å². The van der Waals surface area contributed by atoms with Gasteiger partial charge < -0.3 is 4.98 Å². The van der Waals surface area contributed by atoms with Gasteiger partial charge in [0.25, 0.3) is 5.56 Å². The maximum absolute atomic E-state index is 14.7. The number of nitrogens with zero attached hydrogens (tertiary/aromatic N) is 2. The van der Waals surface area contributed by atoms with E-state index in [4.69, 9.17) is 4.98 Å². The second kappa shape index (κ2) is 7.46. The summed E-state index contributed by atoms with van der Waals surface area (Å²) >= 11 is 1.43. The van der Waals surface area contributed by atoms with Crippen LogP contribution in [0.3, 0.4) is 0 Å². The van der Waals surface area contributed by atoms with Crippen molar-refractivity contribution in [3.8, 4) is 5.69 Å². The number of benzene rings is 3. The zero-order valence-corrected chi connectivity index (χ0v) is 17.0. The van der Waals surface area contributed by atoms with Gasteiger partial charge in [0.05, 0.1) is 5.69 Å². The molecule has 2 heterocycles. The van der Waals surface area contributed by atoms with Crippen LogP contribution >= 0.6 is 11.8 Å². The monoisotopic (exact) mass is 415 g/mol. The Labute approximate surface area is 176 Å². The third-order valence-corrected chi connectivity index (χ3v) is 6.19. The van der Waals surface area contributed by atoms with Gasteiger partial charge in [0, 0.05) is 16.7 Å². The SMILES string of the molecule is Cc1ccccc1CSc1nc2c([nH]c3ccccc32)c(=O)n1-c1ccccc1F. The Bertz CT molecular complexity index is 1450. The maximum Gasteiger partial charge on any atom is 0.283 e. The predicted octanol–water partition coefficient (Wildman–Crippen LogP) is 5.61. The number of aromatic nitrogens is 3. The molecule has 0 aliphatic carbocycles. The second-order valence-electron chi connectivity index (χ2n) is 7.10. The molecular weight excluding hydrogens is 397 g/mol. The van der Waals surface area contributed by atoms with Crippen LogP contribution in [0.4, 0.5) is 4.39 Å². The van der Waals surface area contributed by atoms with Crippen molar-refractivity contribution in [2.75, 3.05) is 0 Å². The Hall–Kier alpha value is -3.38. The number of hydrogen-bond donors (Lipinski definition) is 1. The van der Waals surface area contributed by atoms with Crippen LogP contribution in [-0.4, -0.2) is 14.5 Å². The number of thioether (sulfide) groups is 1. The summed E-state index contributed by atoms with van der Waals surface area (Å²) in [6.45, 7) is 2.05. The van der Waals surface area contributed by atoms with Crippen molar-refractivity contribution < 1.29 is 4.39 Å². The highest BCUT2D eigenvalue weighted by atomic mass is 32.2. The van der Waals surface area contributed by atoms with Crippen LogP contribution in [0, 0.1) is 12.7 Å². The minimum absolute atomic E-state index is 0.197. The lowest BCUT2D eigenvalue weighted by Crippen LogP contribution is -2.22. The molecule has 0 fully saturated rings. The van der Waals surface area contributed by atoms with Gasteiger partial charge >= 0.3 is 0 Å². The van der Waals surface area contributed by atoms with E-state index in [1.54, 1.807) is 18.2 Å². The van der Waals surface area contributed by atoms with E-state index in [1.165, 1.54) is 22.4 Å². The molecule has 4 nitrogen and oxygen atoms in total. The Morgan fingerprint density at radius 2 is 1.73 bits per heavy atom. The van der Waals surface area contributed by atoms with Gasteiger partial charge in [0.2, 0.25) is 0 Å². The Morgan fingerprint density at radius 3 is 2.57 bits per heavy atom. The van der Waals surface area contributed by atoms with Gasteiger partial charge in [-0.1, -0.05) is 66.4 Å². The summed E-state index contributed by atoms with van der Waals surface area (Å²) < 4.78 is 16.0. The smallest absolute Gasteiger partial charge is 0.283 e. The Kier molecular flexibility index (Phi) is 4.64. The minimum atomic E-state index is -0.463. The lowest BCUT2D eigenvalue weighted by Gasteiger charge is -2.13. The molecule has 5 aromatic rings. The summed E-state index contributed by atoms with van der Waals surface area (Å²) in [6, 6.07) is 22.0. The van der Waals surface area contributed by atoms with Gasteiger partial charge in [-0.3, -0.25) is 9.36 Å². The molecule has 0 bridgehead atoms. The van der Waals surface area contributed by atoms with Gasteiger partial charge in [-0.05, 0) is 36.2 Å². The molecule has 0 aliphatic heterocycles. The van der Waals surface area contributed by atoms with Crippen molar-refractivity contribution in [2.45, 2.75) is 17.8 Å². The number of para-hydroxylation sites is 2. The first kappa shape index (κ1) is 18.6. The molecule has 0 spiro atoms. The molecule has 0 amide bonds. The van der Waals surface area contributed by atoms with Crippen LogP contribution < -0.4 is 5.56 Å². The molecule has 0 unspecified atom stereocenters. The Morgan fingerprint density at radius 1 is 1.00 bits per heavy atom. The fraction of sp³-hybridized carbons (Fsp3) is 0.0833. The first-order valence-electron chi connectivity index (χ1n) is 9.59. The molecule has 0 saturated carbocycles. The third-order valence-electron chi connectivity index (χ3n) is 5.21. The van der Waals surface area contributed by atoms with E-state index >= 15 is 0 Å². The molecule has 0 saturated heterocycles. The molecule has 5 rings (SSSR count). The highest BCUT2D eigenvalue weighted by Crippen LogP contribution is 2.29. The molecule has 148 valence electrons. The first-order valence-corrected chi connectivity index (χ1v) is 10.6. The maximum atomic E-state index is 14.7. The lowest BCUT2D eigenvalue weighted by molar-refractivity contribution is 0.608. The van der Waals surface area contributed by atoms with E-state index in [9.17, 15) is 9.18 Å². The third kappa shape index (κ3) is 3.09. The fourth-order valence-corrected chi connectivity index (χ4v) is 4.67. The summed E-state index contributed by atoms with van der Waals surface area (Å²) in [5.74, 6) is 0.163. The van der Waals surface area contributed by atoms with E-state index in [-0.39, 0.29) is 11.2 Å². The number of aryl methyl sites for hydroxylation is 1. The number of nitrogens with one attached hydrogen (secondary N) is 1. The molecule has 30 heavy (non-hydrogen) atoms.